The summed E-state index contributed by atoms with van der Waals surface area (Å²) in [6, 6.07) is -0.888. The molecule has 14 heavy (non-hydrogen) atoms. The SMILES string of the molecule is C=C(CCCO)OCC[C@H](N)C(=O)O. The van der Waals surface area contributed by atoms with E-state index in [1.165, 1.54) is 0 Å². The Morgan fingerprint density at radius 2 is 2.21 bits per heavy atom. The van der Waals surface area contributed by atoms with Gasteiger partial charge in [-0.25, -0.2) is 0 Å². The summed E-state index contributed by atoms with van der Waals surface area (Å²) in [4.78, 5) is 10.3. The Bertz CT molecular complexity index is 193. The molecule has 0 radical (unpaired) electrons. The normalized spacial score (nSPS) is 12.1. The Labute approximate surface area is 83.2 Å². The number of hydrogen-bond donors (Lipinski definition) is 3. The van der Waals surface area contributed by atoms with Crippen molar-refractivity contribution in [1.82, 2.24) is 0 Å². The van der Waals surface area contributed by atoms with Crippen molar-refractivity contribution in [2.45, 2.75) is 25.3 Å². The highest BCUT2D eigenvalue weighted by atomic mass is 16.5. The second-order valence-electron chi connectivity index (χ2n) is 2.95. The van der Waals surface area contributed by atoms with Gasteiger partial charge in [-0.05, 0) is 6.42 Å². The molecule has 0 fully saturated rings. The maximum Gasteiger partial charge on any atom is 0.320 e. The fourth-order valence-electron chi connectivity index (χ4n) is 0.802. The molecule has 0 spiro atoms. The van der Waals surface area contributed by atoms with Crippen LogP contribution in [-0.2, 0) is 9.53 Å². The molecule has 0 aromatic heterocycles. The molecule has 0 saturated carbocycles. The van der Waals surface area contributed by atoms with Gasteiger partial charge < -0.3 is 20.7 Å². The fourth-order valence-corrected chi connectivity index (χ4v) is 0.802. The molecule has 0 unspecified atom stereocenters. The summed E-state index contributed by atoms with van der Waals surface area (Å²) in [5.41, 5.74) is 5.25. The van der Waals surface area contributed by atoms with Gasteiger partial charge in [0.15, 0.2) is 0 Å². The molecular formula is C9H17NO4. The van der Waals surface area contributed by atoms with Crippen LogP contribution in [0.25, 0.3) is 0 Å². The Morgan fingerprint density at radius 3 is 2.71 bits per heavy atom. The average molecular weight is 203 g/mol. The molecule has 0 bridgehead atoms. The van der Waals surface area contributed by atoms with E-state index >= 15 is 0 Å². The van der Waals surface area contributed by atoms with Gasteiger partial charge in [0.05, 0.1) is 12.4 Å². The van der Waals surface area contributed by atoms with Crippen LogP contribution in [0.4, 0.5) is 0 Å². The number of rotatable bonds is 8. The molecule has 0 aromatic rings. The third kappa shape index (κ3) is 6.45. The molecule has 5 nitrogen and oxygen atoms in total. The first kappa shape index (κ1) is 12.9. The molecule has 0 aromatic carbocycles. The molecule has 5 heteroatoms. The highest BCUT2D eigenvalue weighted by Crippen LogP contribution is 2.04. The number of nitrogens with two attached hydrogens (primary N) is 1. The first-order valence-electron chi connectivity index (χ1n) is 4.47. The second kappa shape index (κ2) is 7.34. The molecule has 4 N–H and O–H groups in total. The minimum Gasteiger partial charge on any atom is -0.498 e. The van der Waals surface area contributed by atoms with Crippen LogP contribution in [0.1, 0.15) is 19.3 Å². The van der Waals surface area contributed by atoms with Gasteiger partial charge in [-0.2, -0.15) is 0 Å². The molecule has 0 aliphatic carbocycles. The fraction of sp³-hybridized carbons (Fsp3) is 0.667. The van der Waals surface area contributed by atoms with E-state index in [0.29, 0.717) is 18.6 Å². The highest BCUT2D eigenvalue weighted by molar-refractivity contribution is 5.72. The molecule has 0 heterocycles. The maximum absolute atomic E-state index is 10.3. The predicted octanol–water partition coefficient (Wildman–Crippen LogP) is 0.0912. The van der Waals surface area contributed by atoms with E-state index in [1.807, 2.05) is 0 Å². The Balaban J connectivity index is 3.44. The number of hydrogen-bond acceptors (Lipinski definition) is 4. The summed E-state index contributed by atoms with van der Waals surface area (Å²) in [6.07, 6.45) is 1.44. The highest BCUT2D eigenvalue weighted by Gasteiger charge is 2.10. The van der Waals surface area contributed by atoms with Gasteiger partial charge in [-0.15, -0.1) is 0 Å². The van der Waals surface area contributed by atoms with Crippen LogP contribution in [0.3, 0.4) is 0 Å². The summed E-state index contributed by atoms with van der Waals surface area (Å²) in [5, 5.41) is 17.0. The smallest absolute Gasteiger partial charge is 0.320 e. The predicted molar refractivity (Wildman–Crippen MR) is 51.6 cm³/mol. The first-order chi connectivity index (χ1) is 6.57. The van der Waals surface area contributed by atoms with Gasteiger partial charge in [0.1, 0.15) is 6.04 Å². The molecular weight excluding hydrogens is 186 g/mol. The van der Waals surface area contributed by atoms with Crippen molar-refractivity contribution < 1.29 is 19.7 Å². The number of aliphatic hydroxyl groups excluding tert-OH is 1. The van der Waals surface area contributed by atoms with E-state index < -0.39 is 12.0 Å². The van der Waals surface area contributed by atoms with Crippen molar-refractivity contribution in [3.63, 3.8) is 0 Å². The quantitative estimate of drug-likeness (QED) is 0.486. The van der Waals surface area contributed by atoms with Gasteiger partial charge in [0, 0.05) is 19.4 Å². The minimum absolute atomic E-state index is 0.0943. The van der Waals surface area contributed by atoms with Crippen molar-refractivity contribution in [3.05, 3.63) is 12.3 Å². The number of carboxylic acid groups (broad SMARTS) is 1. The Hall–Kier alpha value is -1.07. The van der Waals surface area contributed by atoms with Gasteiger partial charge in [-0.3, -0.25) is 4.79 Å². The zero-order chi connectivity index (χ0) is 11.0. The van der Waals surface area contributed by atoms with Crippen LogP contribution < -0.4 is 5.73 Å². The van der Waals surface area contributed by atoms with Crippen LogP contribution >= 0.6 is 0 Å². The first-order valence-corrected chi connectivity index (χ1v) is 4.47. The van der Waals surface area contributed by atoms with E-state index in [9.17, 15) is 4.79 Å². The van der Waals surface area contributed by atoms with E-state index in [1.54, 1.807) is 0 Å². The molecule has 1 atom stereocenters. The Kier molecular flexibility index (Phi) is 6.78. The van der Waals surface area contributed by atoms with E-state index in [2.05, 4.69) is 6.58 Å². The molecule has 0 amide bonds. The number of ether oxygens (including phenoxy) is 1. The monoisotopic (exact) mass is 203 g/mol. The standard InChI is InChI=1S/C9H17NO4/c1-7(3-2-5-11)14-6-4-8(10)9(12)13/h8,11H,1-6,10H2,(H,12,13)/t8-/m0/s1. The number of allylic oxidation sites excluding steroid dienone is 1. The summed E-state index contributed by atoms with van der Waals surface area (Å²) >= 11 is 0. The minimum atomic E-state index is -1.03. The second-order valence-corrected chi connectivity index (χ2v) is 2.95. The molecule has 0 rings (SSSR count). The topological polar surface area (TPSA) is 92.8 Å². The zero-order valence-corrected chi connectivity index (χ0v) is 8.11. The van der Waals surface area contributed by atoms with Crippen LogP contribution in [0, 0.1) is 0 Å². The lowest BCUT2D eigenvalue weighted by atomic mass is 10.2. The number of aliphatic hydroxyl groups is 1. The van der Waals surface area contributed by atoms with Gasteiger partial charge in [0.25, 0.3) is 0 Å². The largest absolute Gasteiger partial charge is 0.498 e. The summed E-state index contributed by atoms with van der Waals surface area (Å²) in [7, 11) is 0. The number of carboxylic acids is 1. The van der Waals surface area contributed by atoms with Gasteiger partial charge in [-0.1, -0.05) is 6.58 Å². The van der Waals surface area contributed by atoms with Crippen molar-refractivity contribution >= 4 is 5.97 Å². The van der Waals surface area contributed by atoms with Crippen molar-refractivity contribution in [3.8, 4) is 0 Å². The third-order valence-corrected chi connectivity index (χ3v) is 1.67. The van der Waals surface area contributed by atoms with Crippen molar-refractivity contribution in [2.75, 3.05) is 13.2 Å². The average Bonchev–Trinajstić information content (AvgIpc) is 2.14. The van der Waals surface area contributed by atoms with E-state index in [0.717, 1.165) is 0 Å². The maximum atomic E-state index is 10.3. The summed E-state index contributed by atoms with van der Waals surface area (Å²) < 4.78 is 5.12. The van der Waals surface area contributed by atoms with Crippen LogP contribution in [-0.4, -0.2) is 35.4 Å². The van der Waals surface area contributed by atoms with E-state index in [4.69, 9.17) is 20.7 Å². The van der Waals surface area contributed by atoms with Crippen LogP contribution in [0.15, 0.2) is 12.3 Å². The van der Waals surface area contributed by atoms with E-state index in [-0.39, 0.29) is 19.6 Å². The molecule has 0 aliphatic rings. The summed E-state index contributed by atoms with van der Waals surface area (Å²) in [6.45, 7) is 3.95. The Morgan fingerprint density at radius 1 is 1.57 bits per heavy atom. The van der Waals surface area contributed by atoms with Gasteiger partial charge >= 0.3 is 5.97 Å². The lowest BCUT2D eigenvalue weighted by Crippen LogP contribution is -2.31. The summed E-state index contributed by atoms with van der Waals surface area (Å²) in [5.74, 6) is -0.480. The lowest BCUT2D eigenvalue weighted by Gasteiger charge is -2.10. The molecule has 0 saturated heterocycles. The lowest BCUT2D eigenvalue weighted by molar-refractivity contribution is -0.138. The third-order valence-electron chi connectivity index (χ3n) is 1.67. The number of aliphatic carboxylic acids is 1. The number of carbonyl (C=O) groups is 1. The van der Waals surface area contributed by atoms with Crippen molar-refractivity contribution in [2.24, 2.45) is 5.73 Å². The molecule has 82 valence electrons. The van der Waals surface area contributed by atoms with Crippen LogP contribution in [0.2, 0.25) is 0 Å². The van der Waals surface area contributed by atoms with Crippen LogP contribution in [0.5, 0.6) is 0 Å². The van der Waals surface area contributed by atoms with Gasteiger partial charge in [0.2, 0.25) is 0 Å². The molecule has 0 aliphatic heterocycles. The zero-order valence-electron chi connectivity index (χ0n) is 8.11. The van der Waals surface area contributed by atoms with Crippen molar-refractivity contribution in [1.29, 1.82) is 0 Å².